The molecule has 0 heterocycles. The molecule has 0 spiro atoms. The first-order valence-corrected chi connectivity index (χ1v) is 23.9. The highest BCUT2D eigenvalue weighted by atomic mass is 16.5. The third-order valence-electron chi connectivity index (χ3n) is 10.7. The number of allylic oxidation sites excluding steroid dienone is 8. The van der Waals surface area contributed by atoms with Gasteiger partial charge in [-0.05, 0) is 64.2 Å². The summed E-state index contributed by atoms with van der Waals surface area (Å²) in [5.41, 5.74) is 0. The van der Waals surface area contributed by atoms with Gasteiger partial charge in [0.25, 0.3) is 0 Å². The molecule has 3 unspecified atom stereocenters. The van der Waals surface area contributed by atoms with E-state index in [0.717, 1.165) is 83.5 Å². The monoisotopic (exact) mass is 786 g/mol. The van der Waals surface area contributed by atoms with Gasteiger partial charge in [-0.1, -0.05) is 204 Å². The highest BCUT2D eigenvalue weighted by Crippen LogP contribution is 2.17. The average molecular weight is 786 g/mol. The minimum atomic E-state index is -0.796. The first-order valence-electron chi connectivity index (χ1n) is 23.9. The van der Waals surface area contributed by atoms with E-state index in [2.05, 4.69) is 74.7 Å². The maximum Gasteiger partial charge on any atom is 0.306 e. The Balaban J connectivity index is 4.64. The summed E-state index contributed by atoms with van der Waals surface area (Å²) in [6.45, 7) is 6.32. The van der Waals surface area contributed by atoms with Gasteiger partial charge in [0.2, 0.25) is 5.91 Å². The van der Waals surface area contributed by atoms with Crippen molar-refractivity contribution in [2.24, 2.45) is 0 Å². The van der Waals surface area contributed by atoms with E-state index in [4.69, 9.17) is 4.74 Å². The average Bonchev–Trinajstić information content (AvgIpc) is 3.19. The molecule has 0 aliphatic heterocycles. The van der Waals surface area contributed by atoms with Crippen LogP contribution in [-0.2, 0) is 14.3 Å². The third-order valence-corrected chi connectivity index (χ3v) is 10.7. The van der Waals surface area contributed by atoms with E-state index in [9.17, 15) is 19.8 Å². The molecule has 3 N–H and O–H groups in total. The molecule has 326 valence electrons. The molecule has 0 aliphatic carbocycles. The number of esters is 1. The Morgan fingerprint density at radius 1 is 0.536 bits per heavy atom. The zero-order valence-electron chi connectivity index (χ0n) is 37.0. The topological polar surface area (TPSA) is 95.9 Å². The van der Waals surface area contributed by atoms with Crippen molar-refractivity contribution >= 4 is 11.9 Å². The lowest BCUT2D eigenvalue weighted by atomic mass is 10.0. The van der Waals surface area contributed by atoms with Gasteiger partial charge in [-0.15, -0.1) is 0 Å². The summed E-state index contributed by atoms with van der Waals surface area (Å²) in [7, 11) is 0. The van der Waals surface area contributed by atoms with Gasteiger partial charge in [0, 0.05) is 6.42 Å². The van der Waals surface area contributed by atoms with E-state index in [1.807, 2.05) is 0 Å². The maximum atomic E-state index is 13.1. The lowest BCUT2D eigenvalue weighted by molar-refractivity contribution is -0.151. The molecule has 0 bridgehead atoms. The van der Waals surface area contributed by atoms with E-state index < -0.39 is 18.2 Å². The fraction of sp³-hybridized carbons (Fsp3) is 0.800. The SMILES string of the molecule is CC/C=C/C=C/C=C\CCCCCCCC(=O)OC(CCC/C=C\CCCCCCCCC)CC(=O)NC(CO)C(O)CCCCCCCCCCCCCC. The third kappa shape index (κ3) is 38.7. The Hall–Kier alpha value is -2.18. The standard InChI is InChI=1S/C50H91NO5/c1-4-7-10-13-16-19-22-25-28-31-34-37-40-43-50(55)56-46(41-38-35-32-29-26-23-20-17-14-11-8-5-2)44-49(54)51-47(45-52)48(53)42-39-36-33-30-27-24-21-18-15-12-9-6-3/h7,10,13,16,19,22,29,32,46-48,52-53H,4-6,8-9,11-12,14-15,17-18,20-21,23-28,30-31,33-45H2,1-3H3,(H,51,54)/b10-7+,16-13+,22-19-,32-29-. The predicted octanol–water partition coefficient (Wildman–Crippen LogP) is 13.9. The summed E-state index contributed by atoms with van der Waals surface area (Å²) in [5.74, 6) is -0.526. The first-order chi connectivity index (χ1) is 27.5. The molecule has 0 aromatic heterocycles. The summed E-state index contributed by atoms with van der Waals surface area (Å²) in [6.07, 6.45) is 51.7. The molecule has 1 amide bonds. The van der Waals surface area contributed by atoms with Crippen LogP contribution >= 0.6 is 0 Å². The van der Waals surface area contributed by atoms with Crippen LogP contribution in [0.25, 0.3) is 0 Å². The highest BCUT2D eigenvalue weighted by Gasteiger charge is 2.24. The summed E-state index contributed by atoms with van der Waals surface area (Å²) in [4.78, 5) is 26.0. The molecular weight excluding hydrogens is 695 g/mol. The molecule has 6 nitrogen and oxygen atoms in total. The largest absolute Gasteiger partial charge is 0.462 e. The summed E-state index contributed by atoms with van der Waals surface area (Å²) < 4.78 is 5.88. The van der Waals surface area contributed by atoms with E-state index in [0.29, 0.717) is 19.3 Å². The van der Waals surface area contributed by atoms with Gasteiger partial charge in [-0.25, -0.2) is 0 Å². The first kappa shape index (κ1) is 53.8. The molecule has 0 fully saturated rings. The van der Waals surface area contributed by atoms with Crippen molar-refractivity contribution in [1.29, 1.82) is 0 Å². The Bertz CT molecular complexity index is 972. The fourth-order valence-electron chi connectivity index (χ4n) is 7.08. The van der Waals surface area contributed by atoms with Gasteiger partial charge in [0.05, 0.1) is 25.2 Å². The number of rotatable bonds is 42. The van der Waals surface area contributed by atoms with Gasteiger partial charge in [0.1, 0.15) is 6.10 Å². The number of carbonyl (C=O) groups is 2. The predicted molar refractivity (Wildman–Crippen MR) is 241 cm³/mol. The zero-order valence-corrected chi connectivity index (χ0v) is 37.0. The highest BCUT2D eigenvalue weighted by molar-refractivity contribution is 5.77. The van der Waals surface area contributed by atoms with Crippen molar-refractivity contribution in [2.45, 2.75) is 251 Å². The minimum absolute atomic E-state index is 0.0485. The van der Waals surface area contributed by atoms with Gasteiger partial charge in [-0.2, -0.15) is 0 Å². The van der Waals surface area contributed by atoms with Crippen LogP contribution in [0.3, 0.4) is 0 Å². The van der Waals surface area contributed by atoms with Crippen molar-refractivity contribution in [3.8, 4) is 0 Å². The van der Waals surface area contributed by atoms with E-state index in [-0.39, 0.29) is 24.9 Å². The second kappa shape index (κ2) is 43.9. The Morgan fingerprint density at radius 3 is 1.54 bits per heavy atom. The maximum absolute atomic E-state index is 13.1. The van der Waals surface area contributed by atoms with Crippen LogP contribution in [0.2, 0.25) is 0 Å². The molecule has 0 aromatic carbocycles. The minimum Gasteiger partial charge on any atom is -0.462 e. The lowest BCUT2D eigenvalue weighted by Crippen LogP contribution is -2.46. The van der Waals surface area contributed by atoms with Gasteiger partial charge >= 0.3 is 5.97 Å². The van der Waals surface area contributed by atoms with Gasteiger partial charge in [-0.3, -0.25) is 9.59 Å². The number of carbonyl (C=O) groups excluding carboxylic acids is 2. The van der Waals surface area contributed by atoms with Crippen molar-refractivity contribution in [2.75, 3.05) is 6.61 Å². The summed E-state index contributed by atoms with van der Waals surface area (Å²) in [5, 5.41) is 23.7. The summed E-state index contributed by atoms with van der Waals surface area (Å²) in [6, 6.07) is -0.712. The number of nitrogens with one attached hydrogen (secondary N) is 1. The molecule has 3 atom stereocenters. The number of hydrogen-bond donors (Lipinski definition) is 3. The van der Waals surface area contributed by atoms with E-state index >= 15 is 0 Å². The van der Waals surface area contributed by atoms with E-state index in [1.165, 1.54) is 103 Å². The molecule has 0 radical (unpaired) electrons. The van der Waals surface area contributed by atoms with Crippen LogP contribution in [0, 0.1) is 0 Å². The fourth-order valence-corrected chi connectivity index (χ4v) is 7.08. The van der Waals surface area contributed by atoms with Gasteiger partial charge in [0.15, 0.2) is 0 Å². The number of aliphatic hydroxyl groups is 2. The molecule has 56 heavy (non-hydrogen) atoms. The number of aliphatic hydroxyl groups excluding tert-OH is 2. The van der Waals surface area contributed by atoms with Crippen LogP contribution in [0.5, 0.6) is 0 Å². The van der Waals surface area contributed by atoms with Crippen LogP contribution < -0.4 is 5.32 Å². The Labute approximate surface area is 346 Å². The Kier molecular flexibility index (Phi) is 42.2. The van der Waals surface area contributed by atoms with Crippen LogP contribution in [0.15, 0.2) is 48.6 Å². The van der Waals surface area contributed by atoms with Crippen molar-refractivity contribution < 1.29 is 24.5 Å². The van der Waals surface area contributed by atoms with Crippen LogP contribution in [0.1, 0.15) is 233 Å². The number of amides is 1. The molecule has 6 heteroatoms. The number of unbranched alkanes of at least 4 members (excludes halogenated alkanes) is 24. The number of hydrogen-bond acceptors (Lipinski definition) is 5. The van der Waals surface area contributed by atoms with Crippen LogP contribution in [0.4, 0.5) is 0 Å². The molecule has 0 saturated heterocycles. The second-order valence-corrected chi connectivity index (χ2v) is 16.2. The molecule has 0 saturated carbocycles. The smallest absolute Gasteiger partial charge is 0.306 e. The normalized spacial score (nSPS) is 13.7. The van der Waals surface area contributed by atoms with Crippen molar-refractivity contribution in [1.82, 2.24) is 5.32 Å². The summed E-state index contributed by atoms with van der Waals surface area (Å²) >= 11 is 0. The Morgan fingerprint density at radius 2 is 1.00 bits per heavy atom. The molecule has 0 aromatic rings. The molecular formula is C50H91NO5. The lowest BCUT2D eigenvalue weighted by Gasteiger charge is -2.24. The molecule has 0 aliphatic rings. The number of ether oxygens (including phenoxy) is 1. The van der Waals surface area contributed by atoms with Crippen molar-refractivity contribution in [3.05, 3.63) is 48.6 Å². The zero-order chi connectivity index (χ0) is 41.0. The van der Waals surface area contributed by atoms with Gasteiger partial charge < -0.3 is 20.3 Å². The quantitative estimate of drug-likeness (QED) is 0.0248. The molecule has 0 rings (SSSR count). The van der Waals surface area contributed by atoms with Crippen LogP contribution in [-0.4, -0.2) is 46.9 Å². The van der Waals surface area contributed by atoms with E-state index in [1.54, 1.807) is 0 Å². The second-order valence-electron chi connectivity index (χ2n) is 16.2. The van der Waals surface area contributed by atoms with Crippen molar-refractivity contribution in [3.63, 3.8) is 0 Å².